The van der Waals surface area contributed by atoms with Crippen LogP contribution in [0, 0.1) is 0 Å². The Hall–Kier alpha value is -1.29. The highest BCUT2D eigenvalue weighted by molar-refractivity contribution is 9.09. The maximum atomic E-state index is 11.7. The Morgan fingerprint density at radius 1 is 1.20 bits per heavy atom. The quantitative estimate of drug-likeness (QED) is 0.559. The Balaban J connectivity index is 1.71. The number of aromatic nitrogens is 1. The summed E-state index contributed by atoms with van der Waals surface area (Å²) < 4.78 is 0. The molecule has 0 bridgehead atoms. The molecule has 0 unspecified atom stereocenters. The van der Waals surface area contributed by atoms with Gasteiger partial charge in [-0.05, 0) is 30.9 Å². The molecule has 4 heteroatoms. The number of halogens is 1. The minimum atomic E-state index is 0.166. The molecule has 2 aromatic rings. The van der Waals surface area contributed by atoms with E-state index in [1.54, 1.807) is 0 Å². The Morgan fingerprint density at radius 3 is 2.90 bits per heavy atom. The predicted octanol–water partition coefficient (Wildman–Crippen LogP) is 3.78. The van der Waals surface area contributed by atoms with Gasteiger partial charge in [0.25, 0.3) is 0 Å². The minimum absolute atomic E-state index is 0.166. The van der Waals surface area contributed by atoms with Gasteiger partial charge < -0.3 is 10.3 Å². The first-order chi connectivity index (χ1) is 9.81. The topological polar surface area (TPSA) is 44.9 Å². The summed E-state index contributed by atoms with van der Waals surface area (Å²) >= 11 is 3.40. The van der Waals surface area contributed by atoms with Gasteiger partial charge in [0.05, 0.1) is 0 Å². The van der Waals surface area contributed by atoms with Gasteiger partial charge in [-0.3, -0.25) is 4.79 Å². The molecule has 0 atom stereocenters. The summed E-state index contributed by atoms with van der Waals surface area (Å²) in [5, 5.41) is 5.27. The highest BCUT2D eigenvalue weighted by atomic mass is 79.9. The third-order valence-electron chi connectivity index (χ3n) is 3.43. The fraction of sp³-hybridized carbons (Fsp3) is 0.438. The van der Waals surface area contributed by atoms with Crippen LogP contribution in [-0.2, 0) is 11.2 Å². The molecule has 0 saturated carbocycles. The van der Waals surface area contributed by atoms with Crippen molar-refractivity contribution < 1.29 is 4.79 Å². The number of benzene rings is 1. The maximum absolute atomic E-state index is 11.7. The molecule has 1 amide bonds. The summed E-state index contributed by atoms with van der Waals surface area (Å²) in [5.74, 6) is 0.166. The van der Waals surface area contributed by atoms with Crippen molar-refractivity contribution in [1.29, 1.82) is 0 Å². The fourth-order valence-electron chi connectivity index (χ4n) is 2.32. The molecule has 0 radical (unpaired) electrons. The van der Waals surface area contributed by atoms with Crippen LogP contribution in [0.1, 0.15) is 31.2 Å². The van der Waals surface area contributed by atoms with Crippen LogP contribution in [0.25, 0.3) is 10.9 Å². The molecule has 0 fully saturated rings. The number of unbranched alkanes of at least 4 members (excludes halogenated alkanes) is 2. The van der Waals surface area contributed by atoms with E-state index in [0.717, 1.165) is 36.5 Å². The average Bonchev–Trinajstić information content (AvgIpc) is 2.87. The molecule has 108 valence electrons. The molecule has 0 spiro atoms. The van der Waals surface area contributed by atoms with Gasteiger partial charge in [0.1, 0.15) is 0 Å². The second-order valence-electron chi connectivity index (χ2n) is 4.96. The van der Waals surface area contributed by atoms with Crippen molar-refractivity contribution in [3.05, 3.63) is 36.0 Å². The number of H-pyrrole nitrogens is 1. The Labute approximate surface area is 128 Å². The minimum Gasteiger partial charge on any atom is -0.361 e. The SMILES string of the molecule is O=C(CCCCCBr)NCCc1c[nH]c2ccccc12. The van der Waals surface area contributed by atoms with Gasteiger partial charge in [-0.15, -0.1) is 0 Å². The third kappa shape index (κ3) is 4.37. The van der Waals surface area contributed by atoms with Gasteiger partial charge in [0, 0.05) is 35.4 Å². The zero-order chi connectivity index (χ0) is 14.2. The van der Waals surface area contributed by atoms with Gasteiger partial charge in [0.15, 0.2) is 0 Å². The summed E-state index contributed by atoms with van der Waals surface area (Å²) in [6, 6.07) is 8.25. The van der Waals surface area contributed by atoms with Gasteiger partial charge in [-0.2, -0.15) is 0 Å². The lowest BCUT2D eigenvalue weighted by Crippen LogP contribution is -2.25. The van der Waals surface area contributed by atoms with Gasteiger partial charge in [-0.1, -0.05) is 40.5 Å². The van der Waals surface area contributed by atoms with Crippen molar-refractivity contribution in [3.63, 3.8) is 0 Å². The van der Waals surface area contributed by atoms with Crippen molar-refractivity contribution in [1.82, 2.24) is 10.3 Å². The summed E-state index contributed by atoms with van der Waals surface area (Å²) in [5.41, 5.74) is 2.42. The first-order valence-corrected chi connectivity index (χ1v) is 8.31. The number of carbonyl (C=O) groups is 1. The summed E-state index contributed by atoms with van der Waals surface area (Å²) in [6.45, 7) is 0.707. The Morgan fingerprint density at radius 2 is 2.05 bits per heavy atom. The number of rotatable bonds is 8. The zero-order valence-electron chi connectivity index (χ0n) is 11.6. The molecule has 0 saturated heterocycles. The summed E-state index contributed by atoms with van der Waals surface area (Å²) in [6.07, 6.45) is 6.78. The number of alkyl halides is 1. The first-order valence-electron chi connectivity index (χ1n) is 7.19. The van der Waals surface area contributed by atoms with Crippen LogP contribution in [-0.4, -0.2) is 22.8 Å². The van der Waals surface area contributed by atoms with E-state index in [9.17, 15) is 4.79 Å². The summed E-state index contributed by atoms with van der Waals surface area (Å²) in [7, 11) is 0. The molecule has 1 aromatic carbocycles. The van der Waals surface area contributed by atoms with Crippen molar-refractivity contribution in [3.8, 4) is 0 Å². The monoisotopic (exact) mass is 336 g/mol. The smallest absolute Gasteiger partial charge is 0.220 e. The second kappa shape index (κ2) is 8.10. The van der Waals surface area contributed by atoms with E-state index >= 15 is 0 Å². The van der Waals surface area contributed by atoms with Gasteiger partial charge in [-0.25, -0.2) is 0 Å². The van der Waals surface area contributed by atoms with E-state index in [4.69, 9.17) is 0 Å². The van der Waals surface area contributed by atoms with Crippen molar-refractivity contribution >= 4 is 32.7 Å². The van der Waals surface area contributed by atoms with Crippen LogP contribution < -0.4 is 5.32 Å². The number of para-hydroxylation sites is 1. The van der Waals surface area contributed by atoms with Crippen LogP contribution in [0.3, 0.4) is 0 Å². The van der Waals surface area contributed by atoms with E-state index in [-0.39, 0.29) is 5.91 Å². The Bertz CT molecular complexity index is 550. The standard InChI is InChI=1S/C16H21BrN2O/c17-10-5-1-2-8-16(20)18-11-9-13-12-19-15-7-4-3-6-14(13)15/h3-4,6-7,12,19H,1-2,5,8-11H2,(H,18,20). The largest absolute Gasteiger partial charge is 0.361 e. The van der Waals surface area contributed by atoms with Crippen LogP contribution >= 0.6 is 15.9 Å². The zero-order valence-corrected chi connectivity index (χ0v) is 13.2. The molecule has 1 aromatic heterocycles. The van der Waals surface area contributed by atoms with E-state index in [1.807, 2.05) is 18.3 Å². The van der Waals surface area contributed by atoms with E-state index in [1.165, 1.54) is 10.9 Å². The van der Waals surface area contributed by atoms with E-state index in [2.05, 4.69) is 38.4 Å². The molecule has 2 rings (SSSR count). The summed E-state index contributed by atoms with van der Waals surface area (Å²) in [4.78, 5) is 14.9. The fourth-order valence-corrected chi connectivity index (χ4v) is 2.72. The van der Waals surface area contributed by atoms with E-state index < -0.39 is 0 Å². The van der Waals surface area contributed by atoms with Crippen molar-refractivity contribution in [2.45, 2.75) is 32.1 Å². The molecular weight excluding hydrogens is 316 g/mol. The number of nitrogens with one attached hydrogen (secondary N) is 2. The number of amides is 1. The molecular formula is C16H21BrN2O. The lowest BCUT2D eigenvalue weighted by molar-refractivity contribution is -0.121. The van der Waals surface area contributed by atoms with Crippen LogP contribution in [0.4, 0.5) is 0 Å². The van der Waals surface area contributed by atoms with E-state index in [0.29, 0.717) is 13.0 Å². The highest BCUT2D eigenvalue weighted by Gasteiger charge is 2.04. The number of hydrogen-bond donors (Lipinski definition) is 2. The lowest BCUT2D eigenvalue weighted by Gasteiger charge is -2.04. The van der Waals surface area contributed by atoms with Crippen LogP contribution in [0.2, 0.25) is 0 Å². The maximum Gasteiger partial charge on any atom is 0.220 e. The number of hydrogen-bond acceptors (Lipinski definition) is 1. The second-order valence-corrected chi connectivity index (χ2v) is 5.75. The molecule has 20 heavy (non-hydrogen) atoms. The van der Waals surface area contributed by atoms with Crippen LogP contribution in [0.5, 0.6) is 0 Å². The number of carbonyl (C=O) groups excluding carboxylic acids is 1. The van der Waals surface area contributed by atoms with Crippen molar-refractivity contribution in [2.24, 2.45) is 0 Å². The Kier molecular flexibility index (Phi) is 6.12. The third-order valence-corrected chi connectivity index (χ3v) is 3.99. The predicted molar refractivity (Wildman–Crippen MR) is 87.3 cm³/mol. The average molecular weight is 337 g/mol. The molecule has 1 heterocycles. The molecule has 0 aliphatic heterocycles. The van der Waals surface area contributed by atoms with Gasteiger partial charge in [0.2, 0.25) is 5.91 Å². The van der Waals surface area contributed by atoms with Gasteiger partial charge >= 0.3 is 0 Å². The lowest BCUT2D eigenvalue weighted by atomic mass is 10.1. The number of fused-ring (bicyclic) bond motifs is 1. The number of aromatic amines is 1. The highest BCUT2D eigenvalue weighted by Crippen LogP contribution is 2.17. The van der Waals surface area contributed by atoms with Crippen LogP contribution in [0.15, 0.2) is 30.5 Å². The molecule has 3 nitrogen and oxygen atoms in total. The normalized spacial score (nSPS) is 10.8. The van der Waals surface area contributed by atoms with Crippen molar-refractivity contribution in [2.75, 3.05) is 11.9 Å². The first kappa shape index (κ1) is 15.1. The molecule has 0 aliphatic carbocycles. The molecule has 0 aliphatic rings. The molecule has 2 N–H and O–H groups in total.